The van der Waals surface area contributed by atoms with E-state index in [0.29, 0.717) is 27.2 Å². The average molecular weight is 574 g/mol. The molecule has 0 unspecified atom stereocenters. The molecule has 0 aliphatic heterocycles. The van der Waals surface area contributed by atoms with Gasteiger partial charge in [0.05, 0.1) is 5.02 Å². The van der Waals surface area contributed by atoms with Crippen LogP contribution in [0.2, 0.25) is 15.1 Å². The van der Waals surface area contributed by atoms with Gasteiger partial charge in [0.25, 0.3) is 5.91 Å². The lowest BCUT2D eigenvalue weighted by molar-refractivity contribution is -0.143. The van der Waals surface area contributed by atoms with Gasteiger partial charge in [-0.2, -0.15) is 0 Å². The van der Waals surface area contributed by atoms with Crippen molar-refractivity contribution in [2.24, 2.45) is 0 Å². The summed E-state index contributed by atoms with van der Waals surface area (Å²) in [6, 6.07) is 21.2. The number of rotatable bonds is 10. The minimum atomic E-state index is -0.757. The Morgan fingerprint density at radius 3 is 2.32 bits per heavy atom. The van der Waals surface area contributed by atoms with Crippen LogP contribution in [0.5, 0.6) is 5.75 Å². The summed E-state index contributed by atoms with van der Waals surface area (Å²) in [5, 5.41) is 4.52. The molecule has 2 amide bonds. The fourth-order valence-electron chi connectivity index (χ4n) is 4.72. The van der Waals surface area contributed by atoms with Gasteiger partial charge in [-0.3, -0.25) is 9.59 Å². The van der Waals surface area contributed by atoms with Crippen molar-refractivity contribution >= 4 is 46.6 Å². The van der Waals surface area contributed by atoms with Crippen LogP contribution in [0.25, 0.3) is 0 Å². The Morgan fingerprint density at radius 2 is 1.61 bits per heavy atom. The van der Waals surface area contributed by atoms with Gasteiger partial charge >= 0.3 is 0 Å². The number of hydrogen-bond donors (Lipinski definition) is 1. The number of hydrogen-bond acceptors (Lipinski definition) is 3. The predicted molar refractivity (Wildman–Crippen MR) is 153 cm³/mol. The molecular weight excluding hydrogens is 543 g/mol. The highest BCUT2D eigenvalue weighted by Gasteiger charge is 2.32. The van der Waals surface area contributed by atoms with Crippen molar-refractivity contribution in [2.75, 3.05) is 6.61 Å². The number of carbonyl (C=O) groups is 2. The number of amides is 2. The van der Waals surface area contributed by atoms with E-state index < -0.39 is 6.04 Å². The molecule has 8 heteroatoms. The molecule has 5 nitrogen and oxygen atoms in total. The number of carbonyl (C=O) groups excluding carboxylic acids is 2. The van der Waals surface area contributed by atoms with Crippen LogP contribution in [-0.2, 0) is 22.6 Å². The molecule has 0 aromatic heterocycles. The third-order valence-corrected chi connectivity index (χ3v) is 7.67. The van der Waals surface area contributed by atoms with Crippen LogP contribution < -0.4 is 10.1 Å². The van der Waals surface area contributed by atoms with Crippen LogP contribution in [-0.4, -0.2) is 35.4 Å². The van der Waals surface area contributed by atoms with E-state index in [4.69, 9.17) is 39.5 Å². The topological polar surface area (TPSA) is 58.6 Å². The summed E-state index contributed by atoms with van der Waals surface area (Å²) in [6.07, 6.45) is 5.61. The van der Waals surface area contributed by atoms with E-state index in [1.807, 2.05) is 48.5 Å². The Morgan fingerprint density at radius 1 is 0.895 bits per heavy atom. The molecule has 3 aromatic rings. The standard InChI is InChI=1S/C30H31Cl3N2O3/c31-23-15-16-28(26(33)18-23)38-20-29(36)35(19-22-11-7-8-14-25(22)32)27(17-21-9-3-1-4-10-21)30(37)34-24-12-5-2-6-13-24/h1,3-4,7-11,14-16,18,24,27H,2,5-6,12-13,17,19-20H2,(H,34,37)/t27-/m1/s1. The Balaban J connectivity index is 1.62. The van der Waals surface area contributed by atoms with E-state index in [0.717, 1.165) is 36.8 Å². The number of halogens is 3. The Labute approximate surface area is 239 Å². The van der Waals surface area contributed by atoms with Crippen molar-refractivity contribution in [3.63, 3.8) is 0 Å². The first kappa shape index (κ1) is 28.3. The number of ether oxygens (including phenoxy) is 1. The zero-order valence-corrected chi connectivity index (χ0v) is 23.3. The molecule has 1 aliphatic carbocycles. The monoisotopic (exact) mass is 572 g/mol. The number of nitrogens with one attached hydrogen (secondary N) is 1. The second-order valence-corrected chi connectivity index (χ2v) is 10.8. The molecule has 1 N–H and O–H groups in total. The number of nitrogens with zero attached hydrogens (tertiary/aromatic N) is 1. The van der Waals surface area contributed by atoms with Crippen LogP contribution in [0.1, 0.15) is 43.2 Å². The Hall–Kier alpha value is -2.73. The molecule has 4 rings (SSSR count). The van der Waals surface area contributed by atoms with Crippen molar-refractivity contribution in [3.8, 4) is 5.75 Å². The van der Waals surface area contributed by atoms with Gasteiger partial charge in [0, 0.05) is 29.1 Å². The average Bonchev–Trinajstić information content (AvgIpc) is 2.92. The zero-order valence-electron chi connectivity index (χ0n) is 21.0. The first-order chi connectivity index (χ1) is 18.4. The maximum absolute atomic E-state index is 13.8. The lowest BCUT2D eigenvalue weighted by Crippen LogP contribution is -2.53. The smallest absolute Gasteiger partial charge is 0.261 e. The highest BCUT2D eigenvalue weighted by molar-refractivity contribution is 6.35. The highest BCUT2D eigenvalue weighted by Crippen LogP contribution is 2.28. The molecule has 1 saturated carbocycles. The summed E-state index contributed by atoms with van der Waals surface area (Å²) in [4.78, 5) is 29.1. The predicted octanol–water partition coefficient (Wildman–Crippen LogP) is 7.11. The second-order valence-electron chi connectivity index (χ2n) is 9.53. The molecule has 0 saturated heterocycles. The molecule has 1 fully saturated rings. The SMILES string of the molecule is O=C(NC1CCCCC1)[C@@H](Cc1ccccc1)N(Cc1ccccc1Cl)C(=O)COc1ccc(Cl)cc1Cl. The Bertz CT molecular complexity index is 1230. The minimum absolute atomic E-state index is 0.107. The van der Waals surface area contributed by atoms with Gasteiger partial charge in [-0.25, -0.2) is 0 Å². The van der Waals surface area contributed by atoms with Gasteiger partial charge in [0.15, 0.2) is 6.61 Å². The van der Waals surface area contributed by atoms with Gasteiger partial charge < -0.3 is 15.0 Å². The van der Waals surface area contributed by atoms with Crippen molar-refractivity contribution in [1.29, 1.82) is 0 Å². The molecule has 1 atom stereocenters. The van der Waals surface area contributed by atoms with Gasteiger partial charge in [-0.1, -0.05) is 103 Å². The fourth-order valence-corrected chi connectivity index (χ4v) is 5.38. The summed E-state index contributed by atoms with van der Waals surface area (Å²) in [6.45, 7) is -0.139. The van der Waals surface area contributed by atoms with Crippen molar-refractivity contribution in [2.45, 2.75) is 57.2 Å². The van der Waals surface area contributed by atoms with Crippen LogP contribution in [0.15, 0.2) is 72.8 Å². The lowest BCUT2D eigenvalue weighted by atomic mass is 9.94. The number of benzene rings is 3. The van der Waals surface area contributed by atoms with E-state index >= 15 is 0 Å². The third kappa shape index (κ3) is 7.89. The van der Waals surface area contributed by atoms with E-state index in [9.17, 15) is 9.59 Å². The maximum Gasteiger partial charge on any atom is 0.261 e. The van der Waals surface area contributed by atoms with E-state index in [-0.39, 0.29) is 31.0 Å². The zero-order chi connectivity index (χ0) is 26.9. The second kappa shape index (κ2) is 13.9. The normalized spacial score (nSPS) is 14.5. The summed E-state index contributed by atoms with van der Waals surface area (Å²) < 4.78 is 5.79. The molecule has 0 bridgehead atoms. The van der Waals surface area contributed by atoms with Gasteiger partial charge in [0.1, 0.15) is 11.8 Å². The largest absolute Gasteiger partial charge is 0.482 e. The van der Waals surface area contributed by atoms with Crippen LogP contribution in [0.4, 0.5) is 0 Å². The van der Waals surface area contributed by atoms with E-state index in [1.54, 1.807) is 29.2 Å². The first-order valence-electron chi connectivity index (χ1n) is 12.9. The van der Waals surface area contributed by atoms with Crippen LogP contribution in [0.3, 0.4) is 0 Å². The van der Waals surface area contributed by atoms with E-state index in [2.05, 4.69) is 5.32 Å². The summed E-state index contributed by atoms with van der Waals surface area (Å²) in [7, 11) is 0. The van der Waals surface area contributed by atoms with Gasteiger partial charge in [-0.15, -0.1) is 0 Å². The molecule has 200 valence electrons. The van der Waals surface area contributed by atoms with Crippen LogP contribution in [0, 0.1) is 0 Å². The van der Waals surface area contributed by atoms with Crippen molar-refractivity contribution < 1.29 is 14.3 Å². The third-order valence-electron chi connectivity index (χ3n) is 6.77. The molecule has 38 heavy (non-hydrogen) atoms. The molecule has 1 aliphatic rings. The molecule has 0 heterocycles. The molecule has 0 spiro atoms. The highest BCUT2D eigenvalue weighted by atomic mass is 35.5. The maximum atomic E-state index is 13.8. The van der Waals surface area contributed by atoms with Gasteiger partial charge in [0.2, 0.25) is 5.91 Å². The van der Waals surface area contributed by atoms with Crippen LogP contribution >= 0.6 is 34.8 Å². The summed E-state index contributed by atoms with van der Waals surface area (Å²) in [5.74, 6) is -0.185. The summed E-state index contributed by atoms with van der Waals surface area (Å²) in [5.41, 5.74) is 1.70. The Kier molecular flexibility index (Phi) is 10.3. The van der Waals surface area contributed by atoms with Gasteiger partial charge in [-0.05, 0) is 48.2 Å². The molecular formula is C30H31Cl3N2O3. The lowest BCUT2D eigenvalue weighted by Gasteiger charge is -2.33. The van der Waals surface area contributed by atoms with Crippen molar-refractivity contribution in [3.05, 3.63) is 99.0 Å². The summed E-state index contributed by atoms with van der Waals surface area (Å²) >= 11 is 18.7. The minimum Gasteiger partial charge on any atom is -0.482 e. The molecule has 0 radical (unpaired) electrons. The molecule has 3 aromatic carbocycles. The van der Waals surface area contributed by atoms with E-state index in [1.165, 1.54) is 6.42 Å². The van der Waals surface area contributed by atoms with Crippen molar-refractivity contribution in [1.82, 2.24) is 10.2 Å². The first-order valence-corrected chi connectivity index (χ1v) is 14.0. The fraction of sp³-hybridized carbons (Fsp3) is 0.333. The quantitative estimate of drug-likeness (QED) is 0.281.